The highest BCUT2D eigenvalue weighted by molar-refractivity contribution is 4.53. The van der Waals surface area contributed by atoms with Gasteiger partial charge in [-0.05, 0) is 32.1 Å². The molecule has 0 spiro atoms. The average Bonchev–Trinajstić information content (AvgIpc) is 2.86. The highest BCUT2D eigenvalue weighted by atomic mass is 79.9. The normalized spacial score (nSPS) is 11.7. The fourth-order valence-corrected chi connectivity index (χ4v) is 5.68. The van der Waals surface area contributed by atoms with Crippen molar-refractivity contribution in [2.45, 2.75) is 188 Å². The maximum atomic E-state index is 2.37. The van der Waals surface area contributed by atoms with E-state index in [9.17, 15) is 0 Å². The van der Waals surface area contributed by atoms with Crippen LogP contribution in [-0.2, 0) is 0 Å². The fourth-order valence-electron chi connectivity index (χ4n) is 5.68. The first-order valence-corrected chi connectivity index (χ1v) is 16.6. The van der Waals surface area contributed by atoms with Gasteiger partial charge >= 0.3 is 0 Å². The van der Waals surface area contributed by atoms with Gasteiger partial charge in [-0.3, -0.25) is 0 Å². The predicted molar refractivity (Wildman–Crippen MR) is 158 cm³/mol. The smallest absolute Gasteiger partial charge is 0.0786 e. The van der Waals surface area contributed by atoms with Crippen LogP contribution in [0.4, 0.5) is 0 Å². The minimum Gasteiger partial charge on any atom is -1.00 e. The lowest BCUT2D eigenvalue weighted by Crippen LogP contribution is -3.00. The molecule has 0 N–H and O–H groups in total. The largest absolute Gasteiger partial charge is 1.00 e. The summed E-state index contributed by atoms with van der Waals surface area (Å²) in [4.78, 5) is 0. The van der Waals surface area contributed by atoms with E-state index in [1.807, 2.05) is 0 Å². The van der Waals surface area contributed by atoms with Gasteiger partial charge in [-0.2, -0.15) is 0 Å². The third kappa shape index (κ3) is 25.9. The Morgan fingerprint density at radius 1 is 0.257 bits per heavy atom. The van der Waals surface area contributed by atoms with Crippen molar-refractivity contribution in [3.63, 3.8) is 0 Å². The van der Waals surface area contributed by atoms with Gasteiger partial charge in [-0.1, -0.05) is 156 Å². The maximum Gasteiger partial charge on any atom is 0.0786 e. The summed E-state index contributed by atoms with van der Waals surface area (Å²) in [6.07, 6.45) is 36.4. The molecule has 0 heterocycles. The Hall–Kier alpha value is 0.440. The second-order valence-electron chi connectivity index (χ2n) is 11.7. The Kier molecular flexibility index (Phi) is 32.9. The van der Waals surface area contributed by atoms with Crippen LogP contribution in [-0.4, -0.2) is 30.7 Å². The van der Waals surface area contributed by atoms with Crippen molar-refractivity contribution in [1.82, 2.24) is 0 Å². The van der Waals surface area contributed by atoms with Gasteiger partial charge in [-0.25, -0.2) is 0 Å². The lowest BCUT2D eigenvalue weighted by molar-refractivity contribution is -0.929. The van der Waals surface area contributed by atoms with Crippen LogP contribution in [0.25, 0.3) is 0 Å². The molecule has 0 radical (unpaired) electrons. The van der Waals surface area contributed by atoms with Gasteiger partial charge in [0.15, 0.2) is 0 Å². The zero-order valence-electron chi connectivity index (χ0n) is 25.3. The number of hydrogen-bond donors (Lipinski definition) is 0. The number of unbranched alkanes of at least 4 members (excludes halogenated alkanes) is 21. The minimum absolute atomic E-state index is 0. The summed E-state index contributed by atoms with van der Waals surface area (Å²) in [6, 6.07) is 0. The molecule has 214 valence electrons. The Bertz CT molecular complexity index is 348. The first kappa shape index (κ1) is 37.6. The van der Waals surface area contributed by atoms with Crippen LogP contribution in [0.1, 0.15) is 188 Å². The molecule has 35 heavy (non-hydrogen) atoms. The van der Waals surface area contributed by atoms with Gasteiger partial charge in [0.05, 0.1) is 26.2 Å². The zero-order valence-corrected chi connectivity index (χ0v) is 26.9. The molecule has 0 aliphatic carbocycles. The molecule has 1 nitrogen and oxygen atoms in total. The first-order chi connectivity index (χ1) is 16.7. The van der Waals surface area contributed by atoms with E-state index in [4.69, 9.17) is 0 Å². The van der Waals surface area contributed by atoms with E-state index in [-0.39, 0.29) is 17.0 Å². The first-order valence-electron chi connectivity index (χ1n) is 16.6. The molecule has 0 aromatic carbocycles. The molecule has 0 saturated heterocycles. The summed E-state index contributed by atoms with van der Waals surface area (Å²) >= 11 is 0. The van der Waals surface area contributed by atoms with Crippen molar-refractivity contribution in [3.05, 3.63) is 0 Å². The molecule has 0 aliphatic rings. The van der Waals surface area contributed by atoms with Gasteiger partial charge in [0.25, 0.3) is 0 Å². The number of quaternary nitrogens is 1. The van der Waals surface area contributed by atoms with Crippen molar-refractivity contribution in [3.8, 4) is 0 Å². The third-order valence-corrected chi connectivity index (χ3v) is 8.19. The SMILES string of the molecule is CCCCCCCCCCCCCCCCCCCCC[N+](CCCC)(CCCC)CCCC.[Br-]. The van der Waals surface area contributed by atoms with Crippen LogP contribution in [0.5, 0.6) is 0 Å². The third-order valence-electron chi connectivity index (χ3n) is 8.19. The molecule has 0 unspecified atom stereocenters. The van der Waals surface area contributed by atoms with Crippen LogP contribution >= 0.6 is 0 Å². The molecule has 0 aromatic rings. The molecular weight excluding hydrogens is 490 g/mol. The van der Waals surface area contributed by atoms with Gasteiger partial charge in [-0.15, -0.1) is 0 Å². The summed E-state index contributed by atoms with van der Waals surface area (Å²) in [7, 11) is 0. The second kappa shape index (κ2) is 30.7. The number of halogens is 1. The van der Waals surface area contributed by atoms with Crippen LogP contribution < -0.4 is 17.0 Å². The maximum absolute atomic E-state index is 2.37. The minimum atomic E-state index is 0. The predicted octanol–water partition coefficient (Wildman–Crippen LogP) is 8.64. The van der Waals surface area contributed by atoms with Crippen LogP contribution in [0, 0.1) is 0 Å². The van der Waals surface area contributed by atoms with E-state index in [0.29, 0.717) is 0 Å². The monoisotopic (exact) mass is 559 g/mol. The Morgan fingerprint density at radius 3 is 0.714 bits per heavy atom. The molecule has 0 rings (SSSR count). The average molecular weight is 561 g/mol. The summed E-state index contributed by atoms with van der Waals surface area (Å²) in [5.74, 6) is 0. The highest BCUT2D eigenvalue weighted by Crippen LogP contribution is 2.18. The molecule has 2 heteroatoms. The molecule has 0 aliphatic heterocycles. The van der Waals surface area contributed by atoms with Crippen molar-refractivity contribution in [2.75, 3.05) is 26.2 Å². The molecular formula is C33H70BrN. The van der Waals surface area contributed by atoms with Gasteiger partial charge in [0.1, 0.15) is 0 Å². The van der Waals surface area contributed by atoms with Gasteiger partial charge in [0, 0.05) is 0 Å². The molecule has 0 saturated carbocycles. The van der Waals surface area contributed by atoms with E-state index >= 15 is 0 Å². The highest BCUT2D eigenvalue weighted by Gasteiger charge is 2.24. The fraction of sp³-hybridized carbons (Fsp3) is 1.00. The number of hydrogen-bond acceptors (Lipinski definition) is 0. The molecule has 0 atom stereocenters. The van der Waals surface area contributed by atoms with E-state index in [1.165, 1.54) is 191 Å². The lowest BCUT2D eigenvalue weighted by Gasteiger charge is -2.39. The summed E-state index contributed by atoms with van der Waals surface area (Å²) in [6.45, 7) is 15.2. The van der Waals surface area contributed by atoms with Gasteiger partial charge < -0.3 is 21.5 Å². The summed E-state index contributed by atoms with van der Waals surface area (Å²) in [5.41, 5.74) is 0. The quantitative estimate of drug-likeness (QED) is 0.0634. The Morgan fingerprint density at radius 2 is 0.457 bits per heavy atom. The van der Waals surface area contributed by atoms with E-state index in [1.54, 1.807) is 0 Å². The van der Waals surface area contributed by atoms with Crippen molar-refractivity contribution in [2.24, 2.45) is 0 Å². The van der Waals surface area contributed by atoms with Crippen LogP contribution in [0.3, 0.4) is 0 Å². The van der Waals surface area contributed by atoms with Crippen molar-refractivity contribution < 1.29 is 21.5 Å². The van der Waals surface area contributed by atoms with Crippen LogP contribution in [0.15, 0.2) is 0 Å². The van der Waals surface area contributed by atoms with Crippen molar-refractivity contribution >= 4 is 0 Å². The number of nitrogens with zero attached hydrogens (tertiary/aromatic N) is 1. The molecule has 0 fully saturated rings. The van der Waals surface area contributed by atoms with E-state index in [2.05, 4.69) is 27.7 Å². The number of rotatable bonds is 29. The van der Waals surface area contributed by atoms with Gasteiger partial charge in [0.2, 0.25) is 0 Å². The lowest BCUT2D eigenvalue weighted by atomic mass is 10.0. The Balaban J connectivity index is 0. The van der Waals surface area contributed by atoms with Crippen molar-refractivity contribution in [1.29, 1.82) is 0 Å². The molecule has 0 aromatic heterocycles. The topological polar surface area (TPSA) is 0 Å². The zero-order chi connectivity index (χ0) is 25.0. The van der Waals surface area contributed by atoms with E-state index in [0.717, 1.165) is 0 Å². The second-order valence-corrected chi connectivity index (χ2v) is 11.7. The standard InChI is InChI=1S/C33H70N.BrH/c1-5-9-13-14-15-16-17-18-19-20-21-22-23-24-25-26-27-28-29-33-34(30-10-6-2,31-11-7-3)32-12-8-4;/h5-33H2,1-4H3;1H/q+1;/p-1. The Labute approximate surface area is 235 Å². The molecule has 0 amide bonds. The van der Waals surface area contributed by atoms with Crippen LogP contribution in [0.2, 0.25) is 0 Å². The summed E-state index contributed by atoms with van der Waals surface area (Å²) < 4.78 is 1.44. The summed E-state index contributed by atoms with van der Waals surface area (Å²) in [5, 5.41) is 0. The van der Waals surface area contributed by atoms with E-state index < -0.39 is 0 Å². The molecule has 0 bridgehead atoms.